The highest BCUT2D eigenvalue weighted by Crippen LogP contribution is 2.64. The molecule has 5 atom stereocenters. The van der Waals surface area contributed by atoms with Gasteiger partial charge in [-0.1, -0.05) is 109 Å². The lowest BCUT2D eigenvalue weighted by atomic mass is 9.71. The molecular formula is C44H36N4O4. The number of hydrogen-bond acceptors (Lipinski definition) is 6. The molecule has 256 valence electrons. The molecule has 3 aliphatic rings. The predicted molar refractivity (Wildman–Crippen MR) is 198 cm³/mol. The van der Waals surface area contributed by atoms with Gasteiger partial charge in [-0.2, -0.15) is 0 Å². The molecule has 1 saturated heterocycles. The van der Waals surface area contributed by atoms with Crippen LogP contribution in [0.25, 0.3) is 11.6 Å². The van der Waals surface area contributed by atoms with Crippen molar-refractivity contribution >= 4 is 29.4 Å². The molecule has 2 aliphatic carbocycles. The third kappa shape index (κ3) is 5.67. The Hall–Kier alpha value is -6.25. The highest BCUT2D eigenvalue weighted by Gasteiger charge is 2.66. The molecular weight excluding hydrogens is 649 g/mol. The van der Waals surface area contributed by atoms with Crippen molar-refractivity contribution in [2.75, 3.05) is 13.1 Å². The number of aliphatic hydroxyl groups is 1. The molecule has 8 nitrogen and oxygen atoms in total. The van der Waals surface area contributed by atoms with E-state index < -0.39 is 29.3 Å². The Bertz CT molecular complexity index is 2120. The summed E-state index contributed by atoms with van der Waals surface area (Å²) in [4.78, 5) is 52.2. The number of imide groups is 1. The summed E-state index contributed by atoms with van der Waals surface area (Å²) in [6.07, 6.45) is 8.54. The molecule has 2 N–H and O–H groups in total. The van der Waals surface area contributed by atoms with Crippen LogP contribution in [0.2, 0.25) is 0 Å². The number of rotatable bonds is 10. The first-order chi connectivity index (χ1) is 25.5. The van der Waals surface area contributed by atoms with E-state index >= 15 is 0 Å². The third-order valence-electron chi connectivity index (χ3n) is 10.4. The van der Waals surface area contributed by atoms with E-state index in [0.29, 0.717) is 16.8 Å². The smallest absolute Gasteiger partial charge is 0.244 e. The van der Waals surface area contributed by atoms with Crippen LogP contribution in [0.4, 0.5) is 0 Å². The van der Waals surface area contributed by atoms with Crippen LogP contribution in [0.15, 0.2) is 163 Å². The molecule has 0 radical (unpaired) electrons. The fraction of sp³-hybridized carbons (Fsp3) is 0.159. The van der Waals surface area contributed by atoms with Gasteiger partial charge in [0, 0.05) is 49.0 Å². The molecule has 8 rings (SSSR count). The summed E-state index contributed by atoms with van der Waals surface area (Å²) in [7, 11) is 0. The van der Waals surface area contributed by atoms with Crippen LogP contribution in [0, 0.1) is 23.7 Å². The number of allylic oxidation sites excluding steroid dienone is 2. The maximum Gasteiger partial charge on any atom is 0.244 e. The van der Waals surface area contributed by atoms with E-state index in [4.69, 9.17) is 4.98 Å². The zero-order valence-electron chi connectivity index (χ0n) is 28.2. The second kappa shape index (κ2) is 13.8. The molecule has 1 aliphatic heterocycles. The minimum Gasteiger partial charge on any atom is -0.375 e. The first-order valence-corrected chi connectivity index (χ1v) is 17.5. The highest BCUT2D eigenvalue weighted by atomic mass is 16.3. The maximum absolute atomic E-state index is 14.6. The number of nitrogens with zero attached hydrogens (tertiary/aromatic N) is 3. The van der Waals surface area contributed by atoms with Crippen LogP contribution in [-0.4, -0.2) is 50.8 Å². The second-order valence-corrected chi connectivity index (χ2v) is 13.2. The molecule has 5 unspecified atom stereocenters. The predicted octanol–water partition coefficient (Wildman–Crippen LogP) is 5.83. The summed E-state index contributed by atoms with van der Waals surface area (Å²) in [5, 5.41) is 15.9. The molecule has 3 amide bonds. The number of benzene rings is 3. The Kier molecular flexibility index (Phi) is 8.75. The van der Waals surface area contributed by atoms with Gasteiger partial charge in [-0.25, -0.2) is 0 Å². The summed E-state index contributed by atoms with van der Waals surface area (Å²) >= 11 is 0. The first kappa shape index (κ1) is 32.9. The molecule has 2 aromatic heterocycles. The monoisotopic (exact) mass is 684 g/mol. The summed E-state index contributed by atoms with van der Waals surface area (Å²) in [6.45, 7) is 0.149. The van der Waals surface area contributed by atoms with Crippen molar-refractivity contribution in [1.29, 1.82) is 0 Å². The zero-order valence-corrected chi connectivity index (χ0v) is 28.2. The number of likely N-dealkylation sites (tertiary alicyclic amines) is 1. The fourth-order valence-corrected chi connectivity index (χ4v) is 8.22. The van der Waals surface area contributed by atoms with Crippen LogP contribution in [0.1, 0.15) is 28.1 Å². The SMILES string of the molecule is O=C(C=Cc1ccccc1)NCCN1C(=O)C2C3C=C(C(O)(c4ccccc4)c4ccccn4)C(C3=C(c3ccccc3)c3ccccn3)C2C1=O. The Balaban J connectivity index is 1.20. The topological polar surface area (TPSA) is 112 Å². The van der Waals surface area contributed by atoms with Gasteiger partial charge in [-0.05, 0) is 58.2 Å². The van der Waals surface area contributed by atoms with E-state index in [1.54, 1.807) is 30.6 Å². The lowest BCUT2D eigenvalue weighted by Gasteiger charge is -2.36. The van der Waals surface area contributed by atoms with Gasteiger partial charge in [0.2, 0.25) is 17.7 Å². The van der Waals surface area contributed by atoms with Gasteiger partial charge in [0.15, 0.2) is 5.60 Å². The largest absolute Gasteiger partial charge is 0.375 e. The molecule has 8 heteroatoms. The standard InChI is InChI=1S/C44H36N4O4/c49-36(23-22-29-14-4-1-5-15-29)47-26-27-48-42(50)39-32-28-33(44(52,31-18-8-3-9-19-31)35-21-11-13-25-46-35)40(41(39)43(48)51)38(32)37(30-16-6-2-7-17-30)34-20-10-12-24-45-34/h1-25,28,32,39-41,52H,26-27H2,(H,47,49). The number of carbonyl (C=O) groups is 3. The van der Waals surface area contributed by atoms with Gasteiger partial charge < -0.3 is 10.4 Å². The minimum atomic E-state index is -1.69. The minimum absolute atomic E-state index is 0.0401. The van der Waals surface area contributed by atoms with Crippen LogP contribution in [0.3, 0.4) is 0 Å². The summed E-state index contributed by atoms with van der Waals surface area (Å²) in [6, 6.07) is 39.9. The van der Waals surface area contributed by atoms with E-state index in [-0.39, 0.29) is 30.8 Å². The number of amides is 3. The average Bonchev–Trinajstić information content (AvgIpc) is 3.82. The molecule has 2 fully saturated rings. The number of hydrogen-bond donors (Lipinski definition) is 2. The van der Waals surface area contributed by atoms with E-state index in [0.717, 1.165) is 28.0 Å². The molecule has 0 spiro atoms. The Morgan fingerprint density at radius 1 is 0.769 bits per heavy atom. The second-order valence-electron chi connectivity index (χ2n) is 13.2. The van der Waals surface area contributed by atoms with E-state index in [1.807, 2.05) is 121 Å². The van der Waals surface area contributed by atoms with Gasteiger partial charge >= 0.3 is 0 Å². The summed E-state index contributed by atoms with van der Waals surface area (Å²) in [5.41, 5.74) is 4.21. The highest BCUT2D eigenvalue weighted by molar-refractivity contribution is 6.08. The van der Waals surface area contributed by atoms with Crippen molar-refractivity contribution in [3.63, 3.8) is 0 Å². The summed E-state index contributed by atoms with van der Waals surface area (Å²) in [5.74, 6) is -3.47. The molecule has 1 saturated carbocycles. The lowest BCUT2D eigenvalue weighted by molar-refractivity contribution is -0.140. The van der Waals surface area contributed by atoms with Crippen molar-refractivity contribution in [3.05, 3.63) is 191 Å². The average molecular weight is 685 g/mol. The normalized spacial score (nSPS) is 22.6. The van der Waals surface area contributed by atoms with E-state index in [2.05, 4.69) is 10.3 Å². The van der Waals surface area contributed by atoms with Gasteiger partial charge in [0.05, 0.1) is 23.2 Å². The van der Waals surface area contributed by atoms with Crippen LogP contribution < -0.4 is 5.32 Å². The Morgan fingerprint density at radius 3 is 2.08 bits per heavy atom. The van der Waals surface area contributed by atoms with Crippen LogP contribution in [0.5, 0.6) is 0 Å². The maximum atomic E-state index is 14.6. The molecule has 3 aromatic carbocycles. The van der Waals surface area contributed by atoms with Crippen molar-refractivity contribution < 1.29 is 19.5 Å². The summed E-state index contributed by atoms with van der Waals surface area (Å²) < 4.78 is 0. The first-order valence-electron chi connectivity index (χ1n) is 17.5. The molecule has 3 heterocycles. The Morgan fingerprint density at radius 2 is 1.40 bits per heavy atom. The fourth-order valence-electron chi connectivity index (χ4n) is 8.22. The molecule has 5 aromatic rings. The van der Waals surface area contributed by atoms with Gasteiger partial charge in [0.25, 0.3) is 0 Å². The van der Waals surface area contributed by atoms with Crippen molar-refractivity contribution in [2.24, 2.45) is 23.7 Å². The van der Waals surface area contributed by atoms with Crippen molar-refractivity contribution in [3.8, 4) is 0 Å². The zero-order chi connectivity index (χ0) is 35.7. The number of carbonyl (C=O) groups excluding carboxylic acids is 3. The van der Waals surface area contributed by atoms with Crippen LogP contribution in [-0.2, 0) is 20.0 Å². The third-order valence-corrected chi connectivity index (χ3v) is 10.4. The van der Waals surface area contributed by atoms with E-state index in [9.17, 15) is 19.5 Å². The molecule has 52 heavy (non-hydrogen) atoms. The quantitative estimate of drug-likeness (QED) is 0.109. The number of nitrogens with one attached hydrogen (secondary N) is 1. The van der Waals surface area contributed by atoms with Gasteiger partial charge in [-0.3, -0.25) is 29.3 Å². The van der Waals surface area contributed by atoms with Crippen LogP contribution >= 0.6 is 0 Å². The van der Waals surface area contributed by atoms with Gasteiger partial charge in [-0.15, -0.1) is 0 Å². The van der Waals surface area contributed by atoms with E-state index in [1.165, 1.54) is 11.0 Å². The van der Waals surface area contributed by atoms with Gasteiger partial charge in [0.1, 0.15) is 0 Å². The number of aromatic nitrogens is 2. The van der Waals surface area contributed by atoms with Crippen molar-refractivity contribution in [1.82, 2.24) is 20.2 Å². The lowest BCUT2D eigenvalue weighted by Crippen LogP contribution is -2.40. The molecule has 2 bridgehead atoms. The number of pyridine rings is 2. The number of fused-ring (bicyclic) bond motifs is 5. The van der Waals surface area contributed by atoms with Crippen molar-refractivity contribution in [2.45, 2.75) is 5.60 Å². The Labute approximate surface area is 301 Å².